The fourth-order valence-corrected chi connectivity index (χ4v) is 3.45. The molecule has 0 aliphatic carbocycles. The summed E-state index contributed by atoms with van der Waals surface area (Å²) >= 11 is 0. The number of hydroxylamine groups is 1. The molecule has 0 fully saturated rings. The van der Waals surface area contributed by atoms with Gasteiger partial charge in [0.05, 0.1) is 0 Å². The normalized spacial score (nSPS) is 15.2. The number of aliphatic imine (C=N–C) groups is 1. The van der Waals surface area contributed by atoms with E-state index >= 15 is 0 Å². The topological polar surface area (TPSA) is 68.2 Å². The van der Waals surface area contributed by atoms with Gasteiger partial charge in [-0.05, 0) is 67.4 Å². The monoisotopic (exact) mass is 428 g/mol. The Morgan fingerprint density at radius 3 is 2.13 bits per heavy atom. The molecule has 3 rings (SSSR count). The quantitative estimate of drug-likeness (QED) is 0.326. The first-order valence-corrected chi connectivity index (χ1v) is 10.3. The fourth-order valence-electron chi connectivity index (χ4n) is 3.45. The number of rotatable bonds is 10. The molecule has 0 spiro atoms. The van der Waals surface area contributed by atoms with E-state index in [1.807, 2.05) is 17.2 Å². The molecule has 164 valence electrons. The zero-order valence-corrected chi connectivity index (χ0v) is 17.1. The summed E-state index contributed by atoms with van der Waals surface area (Å²) in [7, 11) is 0. The van der Waals surface area contributed by atoms with Crippen molar-refractivity contribution in [1.82, 2.24) is 10.4 Å². The van der Waals surface area contributed by atoms with E-state index in [4.69, 9.17) is 5.21 Å². The van der Waals surface area contributed by atoms with Gasteiger partial charge in [0.15, 0.2) is 0 Å². The molecule has 0 radical (unpaired) electrons. The third-order valence-electron chi connectivity index (χ3n) is 5.02. The minimum absolute atomic E-state index is 0.302. The van der Waals surface area contributed by atoms with E-state index in [2.05, 4.69) is 9.89 Å². The number of carbonyl (C=O) groups is 1. The Bertz CT molecular complexity index is 855. The van der Waals surface area contributed by atoms with Gasteiger partial charge in [0, 0.05) is 36.8 Å². The van der Waals surface area contributed by atoms with Crippen LogP contribution in [-0.2, 0) is 4.79 Å². The van der Waals surface area contributed by atoms with Crippen molar-refractivity contribution in [1.29, 1.82) is 0 Å². The van der Waals surface area contributed by atoms with Crippen molar-refractivity contribution in [3.8, 4) is 0 Å². The number of halogens is 2. The van der Waals surface area contributed by atoms with Crippen LogP contribution in [0.1, 0.15) is 32.1 Å². The maximum absolute atomic E-state index is 13.5. The first-order valence-electron chi connectivity index (χ1n) is 10.3. The number of nitrogens with zero attached hydrogens (tertiary/aromatic N) is 3. The van der Waals surface area contributed by atoms with E-state index < -0.39 is 6.29 Å². The standard InChI is InChI=1S/C23H26F2N4O2/c24-18-7-11-20(12-8-18)29(21-13-9-19(25)10-14-21)23-26-15-5-17-28(23)16-4-2-1-3-6-22(30)27-31/h5,7-15,17,23,31H,1-4,6,16H2,(H,27,30). The molecule has 0 bridgehead atoms. The van der Waals surface area contributed by atoms with E-state index in [1.54, 1.807) is 36.0 Å². The molecule has 1 atom stereocenters. The number of allylic oxidation sites excluding steroid dienone is 1. The molecule has 1 amide bonds. The van der Waals surface area contributed by atoms with E-state index in [1.165, 1.54) is 24.3 Å². The molecule has 1 aliphatic rings. The van der Waals surface area contributed by atoms with E-state index in [0.29, 0.717) is 12.8 Å². The second kappa shape index (κ2) is 11.2. The maximum Gasteiger partial charge on any atom is 0.243 e. The second-order valence-corrected chi connectivity index (χ2v) is 7.25. The predicted molar refractivity (Wildman–Crippen MR) is 116 cm³/mol. The number of carbonyl (C=O) groups excluding carboxylic acids is 1. The Hall–Kier alpha value is -3.26. The Kier molecular flexibility index (Phi) is 8.12. The molecule has 6 nitrogen and oxygen atoms in total. The summed E-state index contributed by atoms with van der Waals surface area (Å²) in [5, 5.41) is 8.53. The maximum atomic E-state index is 13.5. The number of amides is 1. The molecule has 2 aromatic rings. The molecule has 2 N–H and O–H groups in total. The molecule has 0 saturated carbocycles. The Morgan fingerprint density at radius 2 is 1.55 bits per heavy atom. The van der Waals surface area contributed by atoms with Crippen LogP contribution in [0, 0.1) is 11.6 Å². The summed E-state index contributed by atoms with van der Waals surface area (Å²) in [5.74, 6) is -1.04. The lowest BCUT2D eigenvalue weighted by atomic mass is 10.1. The summed E-state index contributed by atoms with van der Waals surface area (Å²) in [6.45, 7) is 0.726. The van der Waals surface area contributed by atoms with Gasteiger partial charge in [0.1, 0.15) is 11.6 Å². The van der Waals surface area contributed by atoms with Crippen LogP contribution < -0.4 is 10.4 Å². The van der Waals surface area contributed by atoms with Gasteiger partial charge in [-0.25, -0.2) is 19.3 Å². The summed E-state index contributed by atoms with van der Waals surface area (Å²) in [4.78, 5) is 19.7. The largest absolute Gasteiger partial charge is 0.339 e. The molecule has 1 heterocycles. The smallest absolute Gasteiger partial charge is 0.243 e. The van der Waals surface area contributed by atoms with Crippen LogP contribution in [0.4, 0.5) is 20.2 Å². The van der Waals surface area contributed by atoms with Crippen molar-refractivity contribution in [3.63, 3.8) is 0 Å². The van der Waals surface area contributed by atoms with Gasteiger partial charge in [0.25, 0.3) is 0 Å². The zero-order chi connectivity index (χ0) is 22.1. The Morgan fingerprint density at radius 1 is 0.968 bits per heavy atom. The molecule has 31 heavy (non-hydrogen) atoms. The molecule has 1 aliphatic heterocycles. The third-order valence-corrected chi connectivity index (χ3v) is 5.02. The average molecular weight is 428 g/mol. The lowest BCUT2D eigenvalue weighted by Gasteiger charge is -2.39. The predicted octanol–water partition coefficient (Wildman–Crippen LogP) is 4.74. The SMILES string of the molecule is O=C(CCCCCCN1C=CC=NC1N(c1ccc(F)cc1)c1ccc(F)cc1)NO. The van der Waals surface area contributed by atoms with Crippen molar-refractivity contribution in [2.75, 3.05) is 11.4 Å². The second-order valence-electron chi connectivity index (χ2n) is 7.25. The van der Waals surface area contributed by atoms with Crippen molar-refractivity contribution < 1.29 is 18.8 Å². The lowest BCUT2D eigenvalue weighted by molar-refractivity contribution is -0.129. The number of unbranched alkanes of at least 4 members (excludes halogenated alkanes) is 3. The molecular weight excluding hydrogens is 402 g/mol. The average Bonchev–Trinajstić information content (AvgIpc) is 2.79. The van der Waals surface area contributed by atoms with Crippen LogP contribution in [0.2, 0.25) is 0 Å². The number of benzene rings is 2. The zero-order valence-electron chi connectivity index (χ0n) is 17.1. The molecule has 8 heteroatoms. The van der Waals surface area contributed by atoms with Gasteiger partial charge in [-0.2, -0.15) is 0 Å². The van der Waals surface area contributed by atoms with E-state index in [0.717, 1.165) is 37.2 Å². The van der Waals surface area contributed by atoms with Crippen LogP contribution in [0.5, 0.6) is 0 Å². The van der Waals surface area contributed by atoms with Crippen LogP contribution >= 0.6 is 0 Å². The minimum atomic E-state index is -0.402. The van der Waals surface area contributed by atoms with Crippen LogP contribution in [0.3, 0.4) is 0 Å². The minimum Gasteiger partial charge on any atom is -0.339 e. The van der Waals surface area contributed by atoms with Gasteiger partial charge < -0.3 is 9.80 Å². The van der Waals surface area contributed by atoms with Crippen LogP contribution in [0.25, 0.3) is 0 Å². The molecule has 0 aromatic heterocycles. The number of nitrogens with one attached hydrogen (secondary N) is 1. The highest BCUT2D eigenvalue weighted by atomic mass is 19.1. The number of hydrogen-bond donors (Lipinski definition) is 2. The van der Waals surface area contributed by atoms with Gasteiger partial charge in [-0.15, -0.1) is 0 Å². The Labute approximate surface area is 180 Å². The van der Waals surface area contributed by atoms with Gasteiger partial charge in [-0.1, -0.05) is 12.8 Å². The summed E-state index contributed by atoms with van der Waals surface area (Å²) in [6, 6.07) is 12.3. The summed E-state index contributed by atoms with van der Waals surface area (Å²) < 4.78 is 27.0. The first kappa shape index (κ1) is 22.4. The van der Waals surface area contributed by atoms with Crippen molar-refractivity contribution in [2.45, 2.75) is 38.4 Å². The highest BCUT2D eigenvalue weighted by Crippen LogP contribution is 2.31. The highest BCUT2D eigenvalue weighted by Gasteiger charge is 2.25. The highest BCUT2D eigenvalue weighted by molar-refractivity contribution is 5.74. The molecule has 1 unspecified atom stereocenters. The van der Waals surface area contributed by atoms with Gasteiger partial charge in [-0.3, -0.25) is 10.0 Å². The van der Waals surface area contributed by atoms with Gasteiger partial charge in [0.2, 0.25) is 12.2 Å². The first-order chi connectivity index (χ1) is 15.1. The van der Waals surface area contributed by atoms with Crippen LogP contribution in [-0.4, -0.2) is 35.1 Å². The van der Waals surface area contributed by atoms with E-state index in [9.17, 15) is 13.6 Å². The third kappa shape index (κ3) is 6.36. The number of anilines is 2. The summed E-state index contributed by atoms with van der Waals surface area (Å²) in [6.07, 6.45) is 8.82. The fraction of sp³-hybridized carbons (Fsp3) is 0.304. The molecule has 0 saturated heterocycles. The molecule has 2 aromatic carbocycles. The van der Waals surface area contributed by atoms with Crippen molar-refractivity contribution in [3.05, 3.63) is 72.4 Å². The lowest BCUT2D eigenvalue weighted by Crippen LogP contribution is -2.44. The number of hydrogen-bond acceptors (Lipinski definition) is 5. The van der Waals surface area contributed by atoms with Crippen molar-refractivity contribution in [2.24, 2.45) is 4.99 Å². The summed E-state index contributed by atoms with van der Waals surface area (Å²) in [5.41, 5.74) is 3.12. The van der Waals surface area contributed by atoms with E-state index in [-0.39, 0.29) is 17.5 Å². The Balaban J connectivity index is 1.71. The van der Waals surface area contributed by atoms with Gasteiger partial charge >= 0.3 is 0 Å². The van der Waals surface area contributed by atoms with Crippen LogP contribution in [0.15, 0.2) is 65.8 Å². The van der Waals surface area contributed by atoms with Crippen molar-refractivity contribution >= 4 is 23.5 Å². The molecular formula is C23H26F2N4O2.